The maximum atomic E-state index is 5.97. The van der Waals surface area contributed by atoms with Crippen molar-refractivity contribution in [2.45, 2.75) is 84.0 Å². The Balaban J connectivity index is 1.83. The number of nitrogens with one attached hydrogen (secondary N) is 1. The average molecular weight is 462 g/mol. The second-order valence-electron chi connectivity index (χ2n) is 8.24. The number of aromatic nitrogens is 2. The normalized spacial score (nSPS) is 15.8. The van der Waals surface area contributed by atoms with Crippen molar-refractivity contribution in [2.75, 3.05) is 18.5 Å². The zero-order chi connectivity index (χ0) is 22.1. The molecule has 1 N–H and O–H groups in total. The highest BCUT2D eigenvalue weighted by molar-refractivity contribution is 7.81. The van der Waals surface area contributed by atoms with Crippen LogP contribution in [0.1, 0.15) is 89.1 Å². The predicted molar refractivity (Wildman–Crippen MR) is 133 cm³/mol. The van der Waals surface area contributed by atoms with Crippen molar-refractivity contribution in [3.8, 4) is 11.5 Å². The summed E-state index contributed by atoms with van der Waals surface area (Å²) in [7, 11) is 0. The molecule has 3 rings (SSSR count). The monoisotopic (exact) mass is 461 g/mol. The van der Waals surface area contributed by atoms with Crippen LogP contribution in [0.4, 0.5) is 5.13 Å². The molecule has 1 aromatic carbocycles. The summed E-state index contributed by atoms with van der Waals surface area (Å²) in [5.74, 6) is 1.48. The number of benzene rings is 1. The Labute approximate surface area is 196 Å². The minimum Gasteiger partial charge on any atom is -0.493 e. The second-order valence-corrected chi connectivity index (χ2v) is 9.63. The molecule has 0 saturated heterocycles. The van der Waals surface area contributed by atoms with Gasteiger partial charge in [-0.15, -0.1) is 10.2 Å². The summed E-state index contributed by atoms with van der Waals surface area (Å²) in [6.07, 6.45) is 10.6. The Morgan fingerprint density at radius 1 is 1.00 bits per heavy atom. The molecule has 31 heavy (non-hydrogen) atoms. The molecule has 7 heteroatoms. The molecule has 1 aromatic heterocycles. The van der Waals surface area contributed by atoms with Crippen LogP contribution in [0.2, 0.25) is 0 Å². The van der Waals surface area contributed by atoms with E-state index in [9.17, 15) is 0 Å². The van der Waals surface area contributed by atoms with E-state index in [1.807, 2.05) is 18.2 Å². The highest BCUT2D eigenvalue weighted by atomic mass is 32.1. The van der Waals surface area contributed by atoms with E-state index in [0.29, 0.717) is 18.2 Å². The minimum absolute atomic E-state index is 0.160. The third kappa shape index (κ3) is 5.95. The summed E-state index contributed by atoms with van der Waals surface area (Å²) in [5.41, 5.74) is 0.948. The minimum atomic E-state index is 0.160. The molecule has 1 aliphatic carbocycles. The van der Waals surface area contributed by atoms with Crippen LogP contribution in [0.5, 0.6) is 11.5 Å². The van der Waals surface area contributed by atoms with Gasteiger partial charge >= 0.3 is 0 Å². The first-order valence-electron chi connectivity index (χ1n) is 11.7. The molecule has 1 heterocycles. The summed E-state index contributed by atoms with van der Waals surface area (Å²) < 4.78 is 11.9. The number of thiocarbonyl (C=S) groups is 1. The average Bonchev–Trinajstić information content (AvgIpc) is 3.12. The van der Waals surface area contributed by atoms with Crippen LogP contribution in [0.15, 0.2) is 18.2 Å². The topological polar surface area (TPSA) is 56.3 Å². The van der Waals surface area contributed by atoms with E-state index in [1.54, 1.807) is 11.3 Å². The summed E-state index contributed by atoms with van der Waals surface area (Å²) in [4.78, 5) is 0.562. The first kappa shape index (κ1) is 23.9. The van der Waals surface area contributed by atoms with Crippen molar-refractivity contribution in [2.24, 2.45) is 0 Å². The molecule has 0 aliphatic heterocycles. The van der Waals surface area contributed by atoms with Gasteiger partial charge in [0, 0.05) is 5.41 Å². The van der Waals surface area contributed by atoms with Crippen LogP contribution in [-0.4, -0.2) is 28.4 Å². The van der Waals surface area contributed by atoms with Crippen molar-refractivity contribution in [1.82, 2.24) is 10.2 Å². The number of nitrogens with zero attached hydrogens (tertiary/aromatic N) is 2. The van der Waals surface area contributed by atoms with Crippen molar-refractivity contribution in [3.63, 3.8) is 0 Å². The molecule has 0 atom stereocenters. The van der Waals surface area contributed by atoms with Gasteiger partial charge in [-0.25, -0.2) is 0 Å². The van der Waals surface area contributed by atoms with Gasteiger partial charge in [0.05, 0.1) is 18.8 Å². The van der Waals surface area contributed by atoms with E-state index in [1.165, 1.54) is 38.5 Å². The lowest BCUT2D eigenvalue weighted by Gasteiger charge is -2.28. The second kappa shape index (κ2) is 11.8. The molecule has 1 aliphatic rings. The Morgan fingerprint density at radius 2 is 1.61 bits per heavy atom. The van der Waals surface area contributed by atoms with Gasteiger partial charge in [-0.2, -0.15) is 0 Å². The summed E-state index contributed by atoms with van der Waals surface area (Å²) in [6.45, 7) is 7.73. The standard InChI is InChI=1S/C24H35N3O2S2/c1-4-16-28-18-12-11-13-19(29-17-5-2)20(18)21(30)25-23-27-26-22(31-23)24(6-3)14-9-7-8-10-15-24/h11-13H,4-10,14-17H2,1-3H3,(H,25,27,30). The molecule has 0 radical (unpaired) electrons. The van der Waals surface area contributed by atoms with Crippen LogP contribution in [0.3, 0.4) is 0 Å². The van der Waals surface area contributed by atoms with Crippen LogP contribution >= 0.6 is 23.6 Å². The number of rotatable bonds is 10. The molecule has 0 spiro atoms. The number of hydrogen-bond acceptors (Lipinski definition) is 6. The fourth-order valence-corrected chi connectivity index (χ4v) is 5.60. The molecular formula is C24H35N3O2S2. The van der Waals surface area contributed by atoms with Crippen molar-refractivity contribution in [1.29, 1.82) is 0 Å². The van der Waals surface area contributed by atoms with E-state index >= 15 is 0 Å². The van der Waals surface area contributed by atoms with Gasteiger partial charge in [0.25, 0.3) is 0 Å². The molecule has 1 fully saturated rings. The lowest BCUT2D eigenvalue weighted by atomic mass is 9.79. The summed E-state index contributed by atoms with van der Waals surface area (Å²) >= 11 is 7.43. The Morgan fingerprint density at radius 3 is 2.16 bits per heavy atom. The van der Waals surface area contributed by atoms with Gasteiger partial charge in [0.1, 0.15) is 21.5 Å². The third-order valence-electron chi connectivity index (χ3n) is 5.98. The van der Waals surface area contributed by atoms with Gasteiger partial charge in [0.2, 0.25) is 5.13 Å². The molecule has 2 aromatic rings. The van der Waals surface area contributed by atoms with Crippen molar-refractivity contribution >= 4 is 33.7 Å². The van der Waals surface area contributed by atoms with Crippen LogP contribution < -0.4 is 14.8 Å². The molecule has 0 unspecified atom stereocenters. The molecule has 0 bridgehead atoms. The van der Waals surface area contributed by atoms with Gasteiger partial charge < -0.3 is 14.8 Å². The quantitative estimate of drug-likeness (QED) is 0.307. The van der Waals surface area contributed by atoms with Gasteiger partial charge in [-0.1, -0.05) is 76.1 Å². The van der Waals surface area contributed by atoms with Crippen LogP contribution in [0.25, 0.3) is 0 Å². The van der Waals surface area contributed by atoms with Crippen molar-refractivity contribution in [3.05, 3.63) is 28.8 Å². The number of ether oxygens (including phenoxy) is 2. The van der Waals surface area contributed by atoms with Gasteiger partial charge in [-0.3, -0.25) is 0 Å². The fraction of sp³-hybridized carbons (Fsp3) is 0.625. The van der Waals surface area contributed by atoms with E-state index in [4.69, 9.17) is 21.7 Å². The van der Waals surface area contributed by atoms with Gasteiger partial charge in [-0.05, 0) is 44.2 Å². The summed E-state index contributed by atoms with van der Waals surface area (Å²) in [6, 6.07) is 5.84. The largest absolute Gasteiger partial charge is 0.493 e. The lowest BCUT2D eigenvalue weighted by molar-refractivity contribution is 0.300. The first-order chi connectivity index (χ1) is 15.1. The predicted octanol–water partition coefficient (Wildman–Crippen LogP) is 6.91. The molecule has 0 amide bonds. The Hall–Kier alpha value is -1.73. The molecule has 170 valence electrons. The number of hydrogen-bond donors (Lipinski definition) is 1. The molecular weight excluding hydrogens is 426 g/mol. The summed E-state index contributed by atoms with van der Waals surface area (Å²) in [5, 5.41) is 14.3. The van der Waals surface area contributed by atoms with E-state index in [0.717, 1.165) is 46.5 Å². The molecule has 5 nitrogen and oxygen atoms in total. The zero-order valence-corrected chi connectivity index (χ0v) is 20.7. The van der Waals surface area contributed by atoms with Crippen LogP contribution in [-0.2, 0) is 5.41 Å². The highest BCUT2D eigenvalue weighted by Crippen LogP contribution is 2.43. The first-order valence-corrected chi connectivity index (χ1v) is 12.9. The highest BCUT2D eigenvalue weighted by Gasteiger charge is 2.34. The maximum absolute atomic E-state index is 5.97. The van der Waals surface area contributed by atoms with E-state index < -0.39 is 0 Å². The lowest BCUT2D eigenvalue weighted by Crippen LogP contribution is -2.24. The maximum Gasteiger partial charge on any atom is 0.210 e. The number of anilines is 1. The third-order valence-corrected chi connectivity index (χ3v) is 7.37. The van der Waals surface area contributed by atoms with E-state index in [2.05, 4.69) is 36.3 Å². The fourth-order valence-electron chi connectivity index (χ4n) is 4.17. The van der Waals surface area contributed by atoms with Crippen molar-refractivity contribution < 1.29 is 9.47 Å². The van der Waals surface area contributed by atoms with Crippen LogP contribution in [0, 0.1) is 0 Å². The van der Waals surface area contributed by atoms with Gasteiger partial charge in [0.15, 0.2) is 0 Å². The zero-order valence-electron chi connectivity index (χ0n) is 19.0. The van der Waals surface area contributed by atoms with E-state index in [-0.39, 0.29) is 5.41 Å². The molecule has 1 saturated carbocycles. The Kier molecular flexibility index (Phi) is 9.08. The smallest absolute Gasteiger partial charge is 0.210 e. The SMILES string of the molecule is CCCOc1cccc(OCCC)c1C(=S)Nc1nnc(C2(CC)CCCCCC2)s1. The Bertz CT molecular complexity index is 819.